The largest absolute Gasteiger partial charge is 0.491 e. The van der Waals surface area contributed by atoms with Gasteiger partial charge in [0.25, 0.3) is 0 Å². The molecule has 0 aliphatic carbocycles. The quantitative estimate of drug-likeness (QED) is 0.722. The third kappa shape index (κ3) is 6.46. The SMILES string of the molecule is Cc1cccc(OCC(O)CNCCC2CCCCO2)c1. The third-order valence-electron chi connectivity index (χ3n) is 3.73. The van der Waals surface area contributed by atoms with Crippen LogP contribution in [-0.2, 0) is 4.74 Å². The summed E-state index contributed by atoms with van der Waals surface area (Å²) in [6, 6.07) is 7.87. The van der Waals surface area contributed by atoms with Crippen molar-refractivity contribution in [2.75, 3.05) is 26.3 Å². The van der Waals surface area contributed by atoms with Crippen LogP contribution in [0.3, 0.4) is 0 Å². The van der Waals surface area contributed by atoms with Crippen molar-refractivity contribution in [1.82, 2.24) is 5.32 Å². The highest BCUT2D eigenvalue weighted by Crippen LogP contribution is 2.15. The van der Waals surface area contributed by atoms with E-state index in [1.165, 1.54) is 19.3 Å². The van der Waals surface area contributed by atoms with Gasteiger partial charge in [0, 0.05) is 13.2 Å². The number of aryl methyl sites for hydroxylation is 1. The molecule has 0 amide bonds. The number of aliphatic hydroxyl groups is 1. The average Bonchev–Trinajstić information content (AvgIpc) is 2.51. The molecule has 0 aromatic heterocycles. The maximum absolute atomic E-state index is 9.90. The minimum absolute atomic E-state index is 0.316. The Morgan fingerprint density at radius 1 is 1.43 bits per heavy atom. The lowest BCUT2D eigenvalue weighted by Gasteiger charge is -2.22. The molecule has 2 rings (SSSR count). The molecule has 1 aromatic carbocycles. The van der Waals surface area contributed by atoms with Gasteiger partial charge in [0.1, 0.15) is 18.5 Å². The lowest BCUT2D eigenvalue weighted by atomic mass is 10.1. The predicted molar refractivity (Wildman–Crippen MR) is 83.8 cm³/mol. The number of nitrogens with one attached hydrogen (secondary N) is 1. The van der Waals surface area contributed by atoms with Crippen LogP contribution >= 0.6 is 0 Å². The van der Waals surface area contributed by atoms with E-state index in [-0.39, 0.29) is 0 Å². The van der Waals surface area contributed by atoms with E-state index in [0.29, 0.717) is 19.3 Å². The first-order chi connectivity index (χ1) is 10.2. The van der Waals surface area contributed by atoms with Crippen LogP contribution in [0.4, 0.5) is 0 Å². The number of hydrogen-bond acceptors (Lipinski definition) is 4. The van der Waals surface area contributed by atoms with Crippen molar-refractivity contribution in [3.8, 4) is 5.75 Å². The second-order valence-electron chi connectivity index (χ2n) is 5.76. The molecule has 1 aliphatic rings. The Balaban J connectivity index is 1.54. The Morgan fingerprint density at radius 3 is 3.10 bits per heavy atom. The van der Waals surface area contributed by atoms with Crippen LogP contribution in [0.5, 0.6) is 5.75 Å². The van der Waals surface area contributed by atoms with Gasteiger partial charge in [-0.1, -0.05) is 12.1 Å². The summed E-state index contributed by atoms with van der Waals surface area (Å²) in [4.78, 5) is 0. The Hall–Kier alpha value is -1.10. The van der Waals surface area contributed by atoms with Crippen LogP contribution < -0.4 is 10.1 Å². The summed E-state index contributed by atoms with van der Waals surface area (Å²) in [6.07, 6.45) is 4.56. The minimum atomic E-state index is -0.488. The van der Waals surface area contributed by atoms with E-state index in [1.54, 1.807) is 0 Å². The van der Waals surface area contributed by atoms with Crippen molar-refractivity contribution in [2.24, 2.45) is 0 Å². The zero-order chi connectivity index (χ0) is 14.9. The summed E-state index contributed by atoms with van der Waals surface area (Å²) in [6.45, 7) is 4.68. The standard InChI is InChI=1S/C17H27NO3/c1-14-5-4-7-17(11-14)21-13-15(19)12-18-9-8-16-6-2-3-10-20-16/h4-5,7,11,15-16,18-19H,2-3,6,8-10,12-13H2,1H3. The molecule has 1 fully saturated rings. The van der Waals surface area contributed by atoms with Gasteiger partial charge in [-0.2, -0.15) is 0 Å². The fourth-order valence-corrected chi connectivity index (χ4v) is 2.52. The van der Waals surface area contributed by atoms with Crippen molar-refractivity contribution in [3.05, 3.63) is 29.8 Å². The maximum Gasteiger partial charge on any atom is 0.119 e. The van der Waals surface area contributed by atoms with E-state index < -0.39 is 6.10 Å². The molecule has 1 aliphatic heterocycles. The van der Waals surface area contributed by atoms with E-state index in [9.17, 15) is 5.11 Å². The molecule has 0 radical (unpaired) electrons. The van der Waals surface area contributed by atoms with Gasteiger partial charge >= 0.3 is 0 Å². The summed E-state index contributed by atoms with van der Waals surface area (Å²) >= 11 is 0. The summed E-state index contributed by atoms with van der Waals surface area (Å²) in [5.74, 6) is 0.810. The molecule has 1 saturated heterocycles. The molecule has 21 heavy (non-hydrogen) atoms. The fourth-order valence-electron chi connectivity index (χ4n) is 2.52. The summed E-state index contributed by atoms with van der Waals surface area (Å²) < 4.78 is 11.3. The number of aliphatic hydroxyl groups excluding tert-OH is 1. The average molecular weight is 293 g/mol. The van der Waals surface area contributed by atoms with Crippen molar-refractivity contribution in [3.63, 3.8) is 0 Å². The van der Waals surface area contributed by atoms with E-state index in [4.69, 9.17) is 9.47 Å². The van der Waals surface area contributed by atoms with Crippen LogP contribution in [0.15, 0.2) is 24.3 Å². The highest BCUT2D eigenvalue weighted by atomic mass is 16.5. The Morgan fingerprint density at radius 2 is 2.33 bits per heavy atom. The van der Waals surface area contributed by atoms with Gasteiger partial charge in [-0.3, -0.25) is 0 Å². The second kappa shape index (κ2) is 9.03. The van der Waals surface area contributed by atoms with Crippen LogP contribution in [0.2, 0.25) is 0 Å². The highest BCUT2D eigenvalue weighted by Gasteiger charge is 2.13. The van der Waals surface area contributed by atoms with Gasteiger partial charge in [-0.25, -0.2) is 0 Å². The molecule has 4 nitrogen and oxygen atoms in total. The fraction of sp³-hybridized carbons (Fsp3) is 0.647. The molecule has 2 atom stereocenters. The molecule has 0 spiro atoms. The highest BCUT2D eigenvalue weighted by molar-refractivity contribution is 5.27. The van der Waals surface area contributed by atoms with Crippen molar-refractivity contribution in [1.29, 1.82) is 0 Å². The van der Waals surface area contributed by atoms with Gasteiger partial charge in [-0.15, -0.1) is 0 Å². The monoisotopic (exact) mass is 293 g/mol. The van der Waals surface area contributed by atoms with Crippen molar-refractivity contribution in [2.45, 2.75) is 44.8 Å². The summed E-state index contributed by atoms with van der Waals surface area (Å²) in [5, 5.41) is 13.2. The lowest BCUT2D eigenvalue weighted by molar-refractivity contribution is 0.0109. The first-order valence-corrected chi connectivity index (χ1v) is 7.94. The van der Waals surface area contributed by atoms with E-state index in [1.807, 2.05) is 31.2 Å². The first-order valence-electron chi connectivity index (χ1n) is 7.94. The number of rotatable bonds is 8. The zero-order valence-electron chi connectivity index (χ0n) is 12.9. The predicted octanol–water partition coefficient (Wildman–Crippen LogP) is 2.28. The topological polar surface area (TPSA) is 50.7 Å². The Bertz CT molecular complexity index is 405. The smallest absolute Gasteiger partial charge is 0.119 e. The first kappa shape index (κ1) is 16.3. The third-order valence-corrected chi connectivity index (χ3v) is 3.73. The van der Waals surface area contributed by atoms with Crippen LogP contribution in [0, 0.1) is 6.92 Å². The zero-order valence-corrected chi connectivity index (χ0v) is 12.9. The van der Waals surface area contributed by atoms with Crippen LogP contribution in [0.1, 0.15) is 31.2 Å². The molecule has 2 unspecified atom stereocenters. The summed E-state index contributed by atoms with van der Waals surface area (Å²) in [5.41, 5.74) is 1.16. The van der Waals surface area contributed by atoms with Gasteiger partial charge < -0.3 is 19.9 Å². The van der Waals surface area contributed by atoms with Crippen LogP contribution in [0.25, 0.3) is 0 Å². The molecule has 1 aromatic rings. The minimum Gasteiger partial charge on any atom is -0.491 e. The van der Waals surface area contributed by atoms with Crippen LogP contribution in [-0.4, -0.2) is 43.6 Å². The summed E-state index contributed by atoms with van der Waals surface area (Å²) in [7, 11) is 0. The molecular weight excluding hydrogens is 266 g/mol. The second-order valence-corrected chi connectivity index (χ2v) is 5.76. The van der Waals surface area contributed by atoms with Gasteiger partial charge in [-0.05, 0) is 56.8 Å². The molecule has 118 valence electrons. The molecule has 4 heteroatoms. The van der Waals surface area contributed by atoms with Gasteiger partial charge in [0.05, 0.1) is 6.10 Å². The van der Waals surface area contributed by atoms with Crippen molar-refractivity contribution < 1.29 is 14.6 Å². The van der Waals surface area contributed by atoms with Gasteiger partial charge in [0.2, 0.25) is 0 Å². The van der Waals surface area contributed by atoms with E-state index in [2.05, 4.69) is 5.32 Å². The van der Waals surface area contributed by atoms with E-state index in [0.717, 1.165) is 30.9 Å². The molecular formula is C17H27NO3. The number of hydrogen-bond donors (Lipinski definition) is 2. The number of ether oxygens (including phenoxy) is 2. The van der Waals surface area contributed by atoms with E-state index >= 15 is 0 Å². The van der Waals surface area contributed by atoms with Gasteiger partial charge in [0.15, 0.2) is 0 Å². The molecule has 1 heterocycles. The molecule has 0 bridgehead atoms. The lowest BCUT2D eigenvalue weighted by Crippen LogP contribution is -2.33. The maximum atomic E-state index is 9.90. The molecule has 0 saturated carbocycles. The Kier molecular flexibility index (Phi) is 7.00. The number of benzene rings is 1. The normalized spacial score (nSPS) is 20.2. The van der Waals surface area contributed by atoms with Crippen molar-refractivity contribution >= 4 is 0 Å². The molecule has 2 N–H and O–H groups in total. The Labute approximate surface area is 127 Å².